The molecule has 0 saturated heterocycles. The first-order valence-corrected chi connectivity index (χ1v) is 8.45. The maximum atomic E-state index is 13.3. The van der Waals surface area contributed by atoms with Crippen molar-refractivity contribution in [3.63, 3.8) is 0 Å². The largest absolute Gasteiger partial charge is 0.329 e. The highest BCUT2D eigenvalue weighted by Gasteiger charge is 2.26. The van der Waals surface area contributed by atoms with Crippen LogP contribution in [0.3, 0.4) is 0 Å². The molecule has 0 bridgehead atoms. The lowest BCUT2D eigenvalue weighted by atomic mass is 10.00. The van der Waals surface area contributed by atoms with Crippen LogP contribution >= 0.6 is 0 Å². The molecule has 0 aromatic heterocycles. The van der Waals surface area contributed by atoms with Gasteiger partial charge >= 0.3 is 0 Å². The predicted molar refractivity (Wildman–Crippen MR) is 100 cm³/mol. The second-order valence-electron chi connectivity index (χ2n) is 6.42. The van der Waals surface area contributed by atoms with Gasteiger partial charge in [0.2, 0.25) is 0 Å². The Labute approximate surface area is 143 Å². The molecule has 0 saturated carbocycles. The Morgan fingerprint density at radius 2 is 1.42 bits per heavy atom. The molecule has 0 spiro atoms. The fourth-order valence-electron chi connectivity index (χ4n) is 3.30. The van der Waals surface area contributed by atoms with Gasteiger partial charge in [0.15, 0.2) is 0 Å². The third kappa shape index (κ3) is 3.05. The smallest absolute Gasteiger partial charge is 0.255 e. The van der Waals surface area contributed by atoms with Crippen LogP contribution in [0.1, 0.15) is 42.7 Å². The van der Waals surface area contributed by atoms with E-state index in [1.807, 2.05) is 65.6 Å². The highest BCUT2D eigenvalue weighted by molar-refractivity contribution is 6.07. The molecule has 0 radical (unpaired) electrons. The van der Waals surface area contributed by atoms with Crippen molar-refractivity contribution in [2.75, 3.05) is 0 Å². The molecule has 0 unspecified atom stereocenters. The van der Waals surface area contributed by atoms with Crippen molar-refractivity contribution in [3.8, 4) is 0 Å². The molecule has 0 fully saturated rings. The van der Waals surface area contributed by atoms with Gasteiger partial charge in [-0.25, -0.2) is 0 Å². The standard InChI is InChI=1S/C22H23NO/c1-16(2)23(17(3)18-10-5-4-6-11-18)22(24)21-15-9-13-19-12-7-8-14-20(19)21/h4-17H,1-3H3/t17-/m1/s1. The number of amides is 1. The van der Waals surface area contributed by atoms with E-state index in [4.69, 9.17) is 0 Å². The van der Waals surface area contributed by atoms with Crippen LogP contribution in [0.4, 0.5) is 0 Å². The van der Waals surface area contributed by atoms with Crippen molar-refractivity contribution in [2.45, 2.75) is 32.9 Å². The molecule has 0 N–H and O–H groups in total. The molecule has 122 valence electrons. The van der Waals surface area contributed by atoms with E-state index in [2.05, 4.69) is 32.9 Å². The predicted octanol–water partition coefficient (Wildman–Crippen LogP) is 5.45. The van der Waals surface area contributed by atoms with Crippen molar-refractivity contribution >= 4 is 16.7 Å². The van der Waals surface area contributed by atoms with E-state index in [1.165, 1.54) is 0 Å². The zero-order valence-corrected chi connectivity index (χ0v) is 14.4. The van der Waals surface area contributed by atoms with E-state index < -0.39 is 0 Å². The topological polar surface area (TPSA) is 20.3 Å². The quantitative estimate of drug-likeness (QED) is 0.626. The third-order valence-electron chi connectivity index (χ3n) is 4.51. The normalized spacial score (nSPS) is 12.3. The van der Waals surface area contributed by atoms with Gasteiger partial charge in [-0.2, -0.15) is 0 Å². The Balaban J connectivity index is 2.04. The summed E-state index contributed by atoms with van der Waals surface area (Å²) in [5.41, 5.74) is 1.92. The Hall–Kier alpha value is -2.61. The van der Waals surface area contributed by atoms with Gasteiger partial charge < -0.3 is 4.90 Å². The molecule has 3 rings (SSSR count). The molecule has 1 amide bonds. The van der Waals surface area contributed by atoms with Crippen LogP contribution in [0, 0.1) is 0 Å². The van der Waals surface area contributed by atoms with Crippen LogP contribution < -0.4 is 0 Å². The number of hydrogen-bond donors (Lipinski definition) is 0. The Morgan fingerprint density at radius 1 is 0.792 bits per heavy atom. The summed E-state index contributed by atoms with van der Waals surface area (Å²) in [5, 5.41) is 2.11. The number of fused-ring (bicyclic) bond motifs is 1. The first-order valence-electron chi connectivity index (χ1n) is 8.45. The molecule has 24 heavy (non-hydrogen) atoms. The molecule has 3 aromatic carbocycles. The van der Waals surface area contributed by atoms with Gasteiger partial charge in [0.1, 0.15) is 0 Å². The maximum Gasteiger partial charge on any atom is 0.255 e. The van der Waals surface area contributed by atoms with Crippen LogP contribution in [0.25, 0.3) is 10.8 Å². The second kappa shape index (κ2) is 6.88. The minimum absolute atomic E-state index is 0.0256. The van der Waals surface area contributed by atoms with Gasteiger partial charge in [-0.1, -0.05) is 66.7 Å². The molecule has 3 aromatic rings. The molecule has 2 nitrogen and oxygen atoms in total. The molecule has 2 heteroatoms. The maximum absolute atomic E-state index is 13.3. The number of hydrogen-bond acceptors (Lipinski definition) is 1. The van der Waals surface area contributed by atoms with Gasteiger partial charge in [0, 0.05) is 11.6 Å². The van der Waals surface area contributed by atoms with Gasteiger partial charge in [-0.3, -0.25) is 4.79 Å². The Kier molecular flexibility index (Phi) is 4.66. The SMILES string of the molecule is CC(C)N(C(=O)c1cccc2ccccc12)[C@H](C)c1ccccc1. The van der Waals surface area contributed by atoms with E-state index >= 15 is 0 Å². The van der Waals surface area contributed by atoms with Gasteiger partial charge in [-0.05, 0) is 43.2 Å². The van der Waals surface area contributed by atoms with Gasteiger partial charge in [0.05, 0.1) is 6.04 Å². The summed E-state index contributed by atoms with van der Waals surface area (Å²) in [6.45, 7) is 6.24. The number of benzene rings is 3. The van der Waals surface area contributed by atoms with Crippen molar-refractivity contribution in [1.29, 1.82) is 0 Å². The zero-order valence-electron chi connectivity index (χ0n) is 14.4. The molecule has 0 aliphatic rings. The van der Waals surface area contributed by atoms with E-state index in [0.717, 1.165) is 21.9 Å². The van der Waals surface area contributed by atoms with Crippen LogP contribution in [0.2, 0.25) is 0 Å². The van der Waals surface area contributed by atoms with E-state index in [0.29, 0.717) is 0 Å². The summed E-state index contributed by atoms with van der Waals surface area (Å²) in [5.74, 6) is 0.0816. The number of carbonyl (C=O) groups is 1. The molecule has 1 atom stereocenters. The fraction of sp³-hybridized carbons (Fsp3) is 0.227. The first kappa shape index (κ1) is 16.3. The first-order chi connectivity index (χ1) is 11.6. The summed E-state index contributed by atoms with van der Waals surface area (Å²) in [4.78, 5) is 15.3. The highest BCUT2D eigenvalue weighted by Crippen LogP contribution is 2.27. The summed E-state index contributed by atoms with van der Waals surface area (Å²) < 4.78 is 0. The van der Waals surface area contributed by atoms with Gasteiger partial charge in [0.25, 0.3) is 5.91 Å². The van der Waals surface area contributed by atoms with Crippen molar-refractivity contribution in [3.05, 3.63) is 83.9 Å². The lowest BCUT2D eigenvalue weighted by molar-refractivity contribution is 0.0626. The third-order valence-corrected chi connectivity index (χ3v) is 4.51. The minimum Gasteiger partial charge on any atom is -0.329 e. The van der Waals surface area contributed by atoms with Crippen molar-refractivity contribution in [1.82, 2.24) is 4.90 Å². The molecular formula is C22H23NO. The van der Waals surface area contributed by atoms with Crippen molar-refractivity contribution < 1.29 is 4.79 Å². The van der Waals surface area contributed by atoms with Crippen LogP contribution in [-0.4, -0.2) is 16.8 Å². The lowest BCUT2D eigenvalue weighted by Gasteiger charge is -2.33. The van der Waals surface area contributed by atoms with Crippen molar-refractivity contribution in [2.24, 2.45) is 0 Å². The Bertz CT molecular complexity index is 833. The summed E-state index contributed by atoms with van der Waals surface area (Å²) >= 11 is 0. The average molecular weight is 317 g/mol. The average Bonchev–Trinajstić information content (AvgIpc) is 2.61. The number of carbonyl (C=O) groups excluding carboxylic acids is 1. The fourth-order valence-corrected chi connectivity index (χ4v) is 3.30. The van der Waals surface area contributed by atoms with Crippen LogP contribution in [0.5, 0.6) is 0 Å². The van der Waals surface area contributed by atoms with Crippen LogP contribution in [-0.2, 0) is 0 Å². The number of nitrogens with zero attached hydrogens (tertiary/aromatic N) is 1. The minimum atomic E-state index is 0.0256. The molecule has 0 aliphatic carbocycles. The monoisotopic (exact) mass is 317 g/mol. The van der Waals surface area contributed by atoms with Gasteiger partial charge in [-0.15, -0.1) is 0 Å². The molecule has 0 heterocycles. The summed E-state index contributed by atoms with van der Waals surface area (Å²) in [6.07, 6.45) is 0. The number of rotatable bonds is 4. The lowest BCUT2D eigenvalue weighted by Crippen LogP contribution is -2.39. The van der Waals surface area contributed by atoms with E-state index in [-0.39, 0.29) is 18.0 Å². The highest BCUT2D eigenvalue weighted by atomic mass is 16.2. The molecular weight excluding hydrogens is 294 g/mol. The van der Waals surface area contributed by atoms with E-state index in [9.17, 15) is 4.79 Å². The van der Waals surface area contributed by atoms with Crippen LogP contribution in [0.15, 0.2) is 72.8 Å². The summed E-state index contributed by atoms with van der Waals surface area (Å²) in [6, 6.07) is 24.3. The second-order valence-corrected chi connectivity index (χ2v) is 6.42. The molecule has 0 aliphatic heterocycles. The van der Waals surface area contributed by atoms with E-state index in [1.54, 1.807) is 0 Å². The summed E-state index contributed by atoms with van der Waals surface area (Å²) in [7, 11) is 0. The zero-order chi connectivity index (χ0) is 17.1. The Morgan fingerprint density at radius 3 is 2.12 bits per heavy atom.